The monoisotopic (exact) mass is 347 g/mol. The summed E-state index contributed by atoms with van der Waals surface area (Å²) in [5.74, 6) is 0. The molecule has 24 heavy (non-hydrogen) atoms. The number of fused-ring (bicyclic) bond motifs is 1. The largest absolute Gasteiger partial charge is 0.444 e. The van der Waals surface area contributed by atoms with E-state index >= 15 is 0 Å². The lowest BCUT2D eigenvalue weighted by Crippen LogP contribution is -2.49. The van der Waals surface area contributed by atoms with Crippen LogP contribution in [0.25, 0.3) is 10.2 Å². The summed E-state index contributed by atoms with van der Waals surface area (Å²) in [5, 5.41) is 5.10. The maximum Gasteiger partial charge on any atom is 0.407 e. The van der Waals surface area contributed by atoms with Gasteiger partial charge >= 0.3 is 6.09 Å². The van der Waals surface area contributed by atoms with Gasteiger partial charge in [-0.1, -0.05) is 0 Å². The summed E-state index contributed by atoms with van der Waals surface area (Å²) in [6.07, 6.45) is 3.38. The lowest BCUT2D eigenvalue weighted by atomic mass is 9.97. The minimum Gasteiger partial charge on any atom is -0.444 e. The van der Waals surface area contributed by atoms with Crippen molar-refractivity contribution in [2.24, 2.45) is 0 Å². The van der Waals surface area contributed by atoms with Crippen molar-refractivity contribution < 1.29 is 9.53 Å². The van der Waals surface area contributed by atoms with E-state index in [4.69, 9.17) is 4.74 Å². The lowest BCUT2D eigenvalue weighted by Gasteiger charge is -2.39. The Balaban J connectivity index is 1.65. The first-order chi connectivity index (χ1) is 11.3. The van der Waals surface area contributed by atoms with Gasteiger partial charge in [-0.25, -0.2) is 4.79 Å². The maximum atomic E-state index is 12.0. The number of carbonyl (C=O) groups is 1. The molecule has 3 heterocycles. The van der Waals surface area contributed by atoms with Crippen LogP contribution in [0.1, 0.15) is 40.5 Å². The number of piperidine rings is 1. The predicted octanol–water partition coefficient (Wildman–Crippen LogP) is 4.18. The number of carbonyl (C=O) groups excluding carboxylic acids is 1. The van der Waals surface area contributed by atoms with Gasteiger partial charge < -0.3 is 15.0 Å². The Hall–Kier alpha value is -1.82. The van der Waals surface area contributed by atoms with Crippen molar-refractivity contribution in [3.05, 3.63) is 23.7 Å². The van der Waals surface area contributed by atoms with Crippen LogP contribution in [0.2, 0.25) is 0 Å². The van der Waals surface area contributed by atoms with Crippen molar-refractivity contribution in [2.75, 3.05) is 11.4 Å². The number of thiophene rings is 1. The number of ether oxygens (including phenoxy) is 1. The van der Waals surface area contributed by atoms with Gasteiger partial charge in [-0.05, 0) is 58.0 Å². The van der Waals surface area contributed by atoms with Crippen LogP contribution < -0.4 is 10.2 Å². The van der Waals surface area contributed by atoms with Crippen LogP contribution >= 0.6 is 11.3 Å². The number of rotatable bonds is 2. The number of amides is 1. The van der Waals surface area contributed by atoms with Crippen molar-refractivity contribution in [3.8, 4) is 0 Å². The molecule has 1 amide bonds. The van der Waals surface area contributed by atoms with E-state index in [0.717, 1.165) is 24.9 Å². The summed E-state index contributed by atoms with van der Waals surface area (Å²) < 4.78 is 6.60. The molecule has 6 heteroatoms. The average molecular weight is 347 g/mol. The number of hydrogen-bond donors (Lipinski definition) is 1. The summed E-state index contributed by atoms with van der Waals surface area (Å²) in [6.45, 7) is 8.77. The Morgan fingerprint density at radius 1 is 1.42 bits per heavy atom. The number of anilines is 1. The second-order valence-corrected chi connectivity index (χ2v) is 8.29. The van der Waals surface area contributed by atoms with Crippen molar-refractivity contribution in [2.45, 2.75) is 58.2 Å². The van der Waals surface area contributed by atoms with Gasteiger partial charge in [0.2, 0.25) is 0 Å². The molecule has 1 saturated heterocycles. The van der Waals surface area contributed by atoms with Gasteiger partial charge in [-0.15, -0.1) is 11.3 Å². The molecular formula is C18H25N3O2S. The molecule has 2 atom stereocenters. The van der Waals surface area contributed by atoms with Gasteiger partial charge in [0.05, 0.1) is 15.9 Å². The van der Waals surface area contributed by atoms with Crippen molar-refractivity contribution in [3.63, 3.8) is 0 Å². The van der Waals surface area contributed by atoms with Gasteiger partial charge in [0.1, 0.15) is 5.60 Å². The van der Waals surface area contributed by atoms with E-state index in [2.05, 4.69) is 39.6 Å². The Kier molecular flexibility index (Phi) is 4.67. The van der Waals surface area contributed by atoms with Gasteiger partial charge in [0, 0.05) is 24.8 Å². The summed E-state index contributed by atoms with van der Waals surface area (Å²) >= 11 is 1.73. The molecule has 2 aromatic rings. The summed E-state index contributed by atoms with van der Waals surface area (Å²) in [5.41, 5.74) is 1.84. The summed E-state index contributed by atoms with van der Waals surface area (Å²) in [4.78, 5) is 18.8. The minimum atomic E-state index is -0.460. The Bertz CT molecular complexity index is 722. The number of nitrogens with one attached hydrogen (secondary N) is 1. The molecule has 1 fully saturated rings. The maximum absolute atomic E-state index is 12.0. The molecule has 0 bridgehead atoms. The van der Waals surface area contributed by atoms with Crippen LogP contribution in [0, 0.1) is 0 Å². The first kappa shape index (κ1) is 17.0. The van der Waals surface area contributed by atoms with Crippen molar-refractivity contribution >= 4 is 33.3 Å². The zero-order valence-corrected chi connectivity index (χ0v) is 15.5. The van der Waals surface area contributed by atoms with E-state index in [0.29, 0.717) is 6.04 Å². The molecule has 2 unspecified atom stereocenters. The first-order valence-electron chi connectivity index (χ1n) is 8.42. The second-order valence-electron chi connectivity index (χ2n) is 7.37. The fourth-order valence-electron chi connectivity index (χ4n) is 3.22. The standard InChI is InChI=1S/C18H25N3O2S/c1-12-11-13(20-17(22)23-18(2,3)4)6-9-21(12)15-5-8-19-14-7-10-24-16(14)15/h5,7-8,10,12-13H,6,9,11H2,1-4H3,(H,20,22). The smallest absolute Gasteiger partial charge is 0.407 e. The molecule has 1 N–H and O–H groups in total. The highest BCUT2D eigenvalue weighted by atomic mass is 32.1. The fraction of sp³-hybridized carbons (Fsp3) is 0.556. The van der Waals surface area contributed by atoms with Crippen LogP contribution in [0.3, 0.4) is 0 Å². The highest BCUT2D eigenvalue weighted by Crippen LogP contribution is 2.33. The highest BCUT2D eigenvalue weighted by molar-refractivity contribution is 7.17. The molecule has 3 rings (SSSR count). The molecule has 0 aliphatic carbocycles. The third-order valence-corrected chi connectivity index (χ3v) is 5.16. The quantitative estimate of drug-likeness (QED) is 0.885. The van der Waals surface area contributed by atoms with E-state index in [1.54, 1.807) is 11.3 Å². The zero-order chi connectivity index (χ0) is 17.3. The summed E-state index contributed by atoms with van der Waals surface area (Å²) in [7, 11) is 0. The topological polar surface area (TPSA) is 54.5 Å². The zero-order valence-electron chi connectivity index (χ0n) is 14.7. The second kappa shape index (κ2) is 6.59. The molecule has 1 aliphatic rings. The van der Waals surface area contributed by atoms with Crippen LogP contribution in [0.15, 0.2) is 23.7 Å². The molecular weight excluding hydrogens is 322 g/mol. The van der Waals surface area contributed by atoms with Crippen LogP contribution in [-0.2, 0) is 4.74 Å². The number of hydrogen-bond acceptors (Lipinski definition) is 5. The Morgan fingerprint density at radius 2 is 2.21 bits per heavy atom. The van der Waals surface area contributed by atoms with E-state index < -0.39 is 5.60 Å². The Labute approximate surface area is 147 Å². The lowest BCUT2D eigenvalue weighted by molar-refractivity contribution is 0.0494. The highest BCUT2D eigenvalue weighted by Gasteiger charge is 2.29. The average Bonchev–Trinajstić information content (AvgIpc) is 2.94. The number of alkyl carbamates (subject to hydrolysis) is 1. The molecule has 5 nitrogen and oxygen atoms in total. The van der Waals surface area contributed by atoms with Crippen molar-refractivity contribution in [1.82, 2.24) is 10.3 Å². The SMILES string of the molecule is CC1CC(NC(=O)OC(C)(C)C)CCN1c1ccnc2ccsc12. The minimum absolute atomic E-state index is 0.159. The first-order valence-corrected chi connectivity index (χ1v) is 9.30. The molecule has 1 aliphatic heterocycles. The molecule has 130 valence electrons. The molecule has 0 spiro atoms. The number of aromatic nitrogens is 1. The van der Waals surface area contributed by atoms with Gasteiger partial charge in [-0.2, -0.15) is 0 Å². The fourth-order valence-corrected chi connectivity index (χ4v) is 4.10. The molecule has 0 saturated carbocycles. The van der Waals surface area contributed by atoms with Gasteiger partial charge in [-0.3, -0.25) is 4.98 Å². The van der Waals surface area contributed by atoms with Crippen LogP contribution in [0.4, 0.5) is 10.5 Å². The van der Waals surface area contributed by atoms with Crippen LogP contribution in [-0.4, -0.2) is 35.3 Å². The number of nitrogens with zero attached hydrogens (tertiary/aromatic N) is 2. The van der Waals surface area contributed by atoms with E-state index in [1.807, 2.05) is 27.0 Å². The Morgan fingerprint density at radius 3 is 2.92 bits per heavy atom. The molecule has 0 aromatic carbocycles. The van der Waals surface area contributed by atoms with Gasteiger partial charge in [0.25, 0.3) is 0 Å². The van der Waals surface area contributed by atoms with Crippen LogP contribution in [0.5, 0.6) is 0 Å². The van der Waals surface area contributed by atoms with E-state index in [1.165, 1.54) is 10.4 Å². The number of pyridine rings is 1. The van der Waals surface area contributed by atoms with Crippen molar-refractivity contribution in [1.29, 1.82) is 0 Å². The van der Waals surface area contributed by atoms with E-state index in [9.17, 15) is 4.79 Å². The third kappa shape index (κ3) is 3.80. The normalized spacial score (nSPS) is 21.8. The molecule has 2 aromatic heterocycles. The third-order valence-electron chi connectivity index (χ3n) is 4.23. The van der Waals surface area contributed by atoms with Gasteiger partial charge in [0.15, 0.2) is 0 Å². The molecule has 0 radical (unpaired) electrons. The predicted molar refractivity (Wildman–Crippen MR) is 98.8 cm³/mol. The van der Waals surface area contributed by atoms with E-state index in [-0.39, 0.29) is 12.1 Å². The summed E-state index contributed by atoms with van der Waals surface area (Å²) in [6, 6.07) is 4.67.